The average Bonchev–Trinajstić information content (AvgIpc) is 3.40. The lowest BCUT2D eigenvalue weighted by molar-refractivity contribution is -0.113. The molecule has 37 heavy (non-hydrogen) atoms. The summed E-state index contributed by atoms with van der Waals surface area (Å²) in [5.74, 6) is -1.11. The van der Waals surface area contributed by atoms with Crippen molar-refractivity contribution in [3.8, 4) is 11.4 Å². The topological polar surface area (TPSA) is 112 Å². The van der Waals surface area contributed by atoms with Crippen molar-refractivity contribution in [3.05, 3.63) is 56.9 Å². The summed E-state index contributed by atoms with van der Waals surface area (Å²) < 4.78 is 12.0. The number of carbonyl (C=O) groups is 3. The molecule has 9 nitrogen and oxygen atoms in total. The Hall–Kier alpha value is -2.86. The Morgan fingerprint density at radius 2 is 1.84 bits per heavy atom. The number of thioether (sulfide) groups is 1. The second kappa shape index (κ2) is 13.1. The van der Waals surface area contributed by atoms with Crippen LogP contribution in [0, 0.1) is 6.92 Å². The van der Waals surface area contributed by atoms with Crippen molar-refractivity contribution in [2.75, 3.05) is 24.3 Å². The smallest absolute Gasteiger partial charge is 0.348 e. The van der Waals surface area contributed by atoms with Crippen LogP contribution in [-0.4, -0.2) is 51.6 Å². The molecule has 0 radical (unpaired) electrons. The number of rotatable bonds is 11. The molecule has 0 aliphatic carbocycles. The predicted octanol–water partition coefficient (Wildman–Crippen LogP) is 5.89. The third-order valence-electron chi connectivity index (χ3n) is 4.88. The quantitative estimate of drug-likeness (QED) is 0.169. The molecule has 2 heterocycles. The van der Waals surface area contributed by atoms with Gasteiger partial charge >= 0.3 is 11.9 Å². The van der Waals surface area contributed by atoms with Crippen molar-refractivity contribution in [1.82, 2.24) is 14.8 Å². The molecule has 3 aromatic rings. The first-order valence-electron chi connectivity index (χ1n) is 11.1. The number of hydrogen-bond acceptors (Lipinski definition) is 9. The number of carbonyl (C=O) groups excluding carboxylic acids is 3. The van der Waals surface area contributed by atoms with Crippen LogP contribution in [0.15, 0.2) is 36.0 Å². The summed E-state index contributed by atoms with van der Waals surface area (Å²) in [7, 11) is 0. The molecule has 0 saturated heterocycles. The van der Waals surface area contributed by atoms with Gasteiger partial charge in [0.1, 0.15) is 9.88 Å². The van der Waals surface area contributed by atoms with Crippen molar-refractivity contribution < 1.29 is 23.9 Å². The molecule has 1 N–H and O–H groups in total. The number of thiophene rings is 1. The fraction of sp³-hybridized carbons (Fsp3) is 0.292. The molecule has 3 rings (SSSR count). The molecule has 0 unspecified atom stereocenters. The van der Waals surface area contributed by atoms with Crippen LogP contribution in [0.1, 0.15) is 39.4 Å². The van der Waals surface area contributed by atoms with Crippen LogP contribution in [0.5, 0.6) is 0 Å². The van der Waals surface area contributed by atoms with Crippen LogP contribution < -0.4 is 5.32 Å². The van der Waals surface area contributed by atoms with E-state index in [1.165, 1.54) is 0 Å². The third-order valence-corrected chi connectivity index (χ3v) is 7.77. The minimum atomic E-state index is -0.633. The number of nitrogens with one attached hydrogen (secondary N) is 1. The number of halogens is 2. The zero-order valence-electron chi connectivity index (χ0n) is 20.3. The van der Waals surface area contributed by atoms with Crippen LogP contribution in [0.3, 0.4) is 0 Å². The van der Waals surface area contributed by atoms with Gasteiger partial charge in [-0.3, -0.25) is 9.36 Å². The van der Waals surface area contributed by atoms with Gasteiger partial charge in [-0.2, -0.15) is 0 Å². The van der Waals surface area contributed by atoms with Gasteiger partial charge in [0.2, 0.25) is 5.91 Å². The van der Waals surface area contributed by atoms with Crippen molar-refractivity contribution >= 4 is 69.1 Å². The molecule has 0 spiro atoms. The SMILES string of the molecule is C=CCn1c(SCC(=O)Nc2sc(C(=O)OCC)c(C)c2C(=O)OCC)nnc1-c1ccc(Cl)c(Cl)c1. The van der Waals surface area contributed by atoms with E-state index in [9.17, 15) is 14.4 Å². The van der Waals surface area contributed by atoms with E-state index in [2.05, 4.69) is 22.1 Å². The maximum absolute atomic E-state index is 12.9. The fourth-order valence-corrected chi connectivity index (χ4v) is 5.42. The molecule has 0 aliphatic rings. The summed E-state index contributed by atoms with van der Waals surface area (Å²) in [5, 5.41) is 12.7. The standard InChI is InChI=1S/C24H24Cl2N4O5S2/c1-5-10-30-20(14-8-9-15(25)16(26)11-14)28-29-24(30)36-12-17(31)27-21-18(22(32)34-6-2)13(4)19(37-21)23(33)35-7-3/h5,8-9,11H,1,6-7,10,12H2,2-4H3,(H,27,31). The highest BCUT2D eigenvalue weighted by atomic mass is 35.5. The molecule has 13 heteroatoms. The Balaban J connectivity index is 1.81. The first-order chi connectivity index (χ1) is 17.7. The highest BCUT2D eigenvalue weighted by molar-refractivity contribution is 7.99. The molecule has 0 atom stereocenters. The lowest BCUT2D eigenvalue weighted by atomic mass is 10.1. The van der Waals surface area contributed by atoms with E-state index < -0.39 is 17.8 Å². The normalized spacial score (nSPS) is 10.7. The van der Waals surface area contributed by atoms with Crippen LogP contribution in [0.25, 0.3) is 11.4 Å². The van der Waals surface area contributed by atoms with E-state index in [4.69, 9.17) is 32.7 Å². The van der Waals surface area contributed by atoms with Crippen LogP contribution >= 0.6 is 46.3 Å². The first kappa shape index (κ1) is 28.7. The maximum Gasteiger partial charge on any atom is 0.348 e. The van der Waals surface area contributed by atoms with Crippen molar-refractivity contribution in [2.24, 2.45) is 0 Å². The number of hydrogen-bond donors (Lipinski definition) is 1. The summed E-state index contributed by atoms with van der Waals surface area (Å²) in [4.78, 5) is 38.0. The summed E-state index contributed by atoms with van der Waals surface area (Å²) in [5.41, 5.74) is 1.23. The van der Waals surface area contributed by atoms with Gasteiger partial charge in [0.05, 0.1) is 34.6 Å². The van der Waals surface area contributed by atoms with Gasteiger partial charge in [-0.15, -0.1) is 28.1 Å². The Labute approximate surface area is 232 Å². The molecule has 0 bridgehead atoms. The number of ether oxygens (including phenoxy) is 2. The molecule has 196 valence electrons. The van der Waals surface area contributed by atoms with Crippen molar-refractivity contribution in [3.63, 3.8) is 0 Å². The summed E-state index contributed by atoms with van der Waals surface area (Å²) in [6, 6.07) is 5.13. The Morgan fingerprint density at radius 1 is 1.14 bits per heavy atom. The molecular formula is C24H24Cl2N4O5S2. The first-order valence-corrected chi connectivity index (χ1v) is 13.7. The van der Waals surface area contributed by atoms with E-state index in [0.717, 1.165) is 23.1 Å². The molecular weight excluding hydrogens is 559 g/mol. The van der Waals surface area contributed by atoms with E-state index in [1.807, 2.05) is 0 Å². The van der Waals surface area contributed by atoms with Gasteiger partial charge in [-0.25, -0.2) is 9.59 Å². The monoisotopic (exact) mass is 582 g/mol. The largest absolute Gasteiger partial charge is 0.462 e. The van der Waals surface area contributed by atoms with Gasteiger partial charge in [-0.05, 0) is 44.5 Å². The summed E-state index contributed by atoms with van der Waals surface area (Å²) in [6.45, 7) is 9.47. The van der Waals surface area contributed by atoms with Gasteiger partial charge < -0.3 is 14.8 Å². The Morgan fingerprint density at radius 3 is 2.49 bits per heavy atom. The number of amides is 1. The number of benzene rings is 1. The lowest BCUT2D eigenvalue weighted by Gasteiger charge is -2.09. The van der Waals surface area contributed by atoms with Crippen molar-refractivity contribution in [1.29, 1.82) is 0 Å². The molecule has 1 amide bonds. The molecule has 0 fully saturated rings. The average molecular weight is 584 g/mol. The molecule has 2 aromatic heterocycles. The number of nitrogens with zero attached hydrogens (tertiary/aromatic N) is 3. The van der Waals surface area contributed by atoms with E-state index in [1.54, 1.807) is 49.6 Å². The number of esters is 2. The number of anilines is 1. The van der Waals surface area contributed by atoms with Gasteiger partial charge in [0.15, 0.2) is 11.0 Å². The fourth-order valence-electron chi connectivity index (χ4n) is 3.27. The maximum atomic E-state index is 12.9. The van der Waals surface area contributed by atoms with Gasteiger partial charge in [-0.1, -0.05) is 41.0 Å². The Bertz CT molecular complexity index is 1340. The Kier molecular flexibility index (Phi) is 10.2. The van der Waals surface area contributed by atoms with Crippen LogP contribution in [-0.2, 0) is 20.8 Å². The van der Waals surface area contributed by atoms with E-state index >= 15 is 0 Å². The minimum Gasteiger partial charge on any atom is -0.462 e. The zero-order chi connectivity index (χ0) is 27.1. The number of allylic oxidation sites excluding steroid dienone is 1. The van der Waals surface area contributed by atoms with E-state index in [-0.39, 0.29) is 34.4 Å². The van der Waals surface area contributed by atoms with Crippen LogP contribution in [0.4, 0.5) is 5.00 Å². The van der Waals surface area contributed by atoms with E-state index in [0.29, 0.717) is 38.7 Å². The third kappa shape index (κ3) is 6.72. The molecule has 0 saturated carbocycles. The molecule has 0 aliphatic heterocycles. The van der Waals surface area contributed by atoms with Crippen LogP contribution in [0.2, 0.25) is 10.0 Å². The van der Waals surface area contributed by atoms with Crippen molar-refractivity contribution in [2.45, 2.75) is 32.5 Å². The predicted molar refractivity (Wildman–Crippen MR) is 146 cm³/mol. The lowest BCUT2D eigenvalue weighted by Crippen LogP contribution is -2.17. The molecule has 1 aromatic carbocycles. The van der Waals surface area contributed by atoms with Gasteiger partial charge in [0, 0.05) is 12.1 Å². The highest BCUT2D eigenvalue weighted by Crippen LogP contribution is 2.35. The van der Waals surface area contributed by atoms with Gasteiger partial charge in [0.25, 0.3) is 0 Å². The second-order valence-corrected chi connectivity index (χ2v) is 10.1. The minimum absolute atomic E-state index is 0.0371. The second-order valence-electron chi connectivity index (χ2n) is 7.37. The summed E-state index contributed by atoms with van der Waals surface area (Å²) >= 11 is 14.3. The zero-order valence-corrected chi connectivity index (χ0v) is 23.4. The summed E-state index contributed by atoms with van der Waals surface area (Å²) in [6.07, 6.45) is 1.69. The highest BCUT2D eigenvalue weighted by Gasteiger charge is 2.27. The number of aromatic nitrogens is 3.